The lowest BCUT2D eigenvalue weighted by Crippen LogP contribution is -1.66. The molecule has 0 atom stereocenters. The van der Waals surface area contributed by atoms with Gasteiger partial charge in [0.15, 0.2) is 11.2 Å². The zero-order valence-electron chi connectivity index (χ0n) is 10.6. The van der Waals surface area contributed by atoms with Gasteiger partial charge in [-0.05, 0) is 34.1 Å². The van der Waals surface area contributed by atoms with Crippen LogP contribution in [-0.4, -0.2) is 9.97 Å². The number of benzene rings is 2. The van der Waals surface area contributed by atoms with Gasteiger partial charge in [-0.15, -0.1) is 0 Å². The number of aromatic nitrogens is 2. The summed E-state index contributed by atoms with van der Waals surface area (Å²) >= 11 is 0. The molecular formula is C14H8N2O2S3. The van der Waals surface area contributed by atoms with Crippen molar-refractivity contribution >= 4 is 53.6 Å². The average molecular weight is 332 g/mol. The van der Waals surface area contributed by atoms with E-state index >= 15 is 0 Å². The van der Waals surface area contributed by atoms with Crippen LogP contribution in [0, 0.1) is 0 Å². The number of oxazole rings is 2. The van der Waals surface area contributed by atoms with E-state index in [9.17, 15) is 0 Å². The Kier molecular flexibility index (Phi) is 3.54. The van der Waals surface area contributed by atoms with Gasteiger partial charge in [0.1, 0.15) is 11.0 Å². The topological polar surface area (TPSA) is 52.1 Å². The summed E-state index contributed by atoms with van der Waals surface area (Å²) in [6.07, 6.45) is 0. The van der Waals surface area contributed by atoms with Gasteiger partial charge in [0, 0.05) is 21.6 Å². The molecule has 0 radical (unpaired) electrons. The van der Waals surface area contributed by atoms with Crippen LogP contribution in [0.3, 0.4) is 0 Å². The predicted molar refractivity (Wildman–Crippen MR) is 87.3 cm³/mol. The maximum absolute atomic E-state index is 5.63. The summed E-state index contributed by atoms with van der Waals surface area (Å²) in [5, 5.41) is 1.26. The van der Waals surface area contributed by atoms with Crippen LogP contribution in [0.15, 0.2) is 67.8 Å². The maximum atomic E-state index is 5.63. The first kappa shape index (κ1) is 13.1. The number of hydrogen-bond donors (Lipinski definition) is 0. The highest BCUT2D eigenvalue weighted by Gasteiger charge is 2.10. The Morgan fingerprint density at radius 2 is 1.14 bits per heavy atom. The highest BCUT2D eigenvalue weighted by atomic mass is 33.5. The summed E-state index contributed by atoms with van der Waals surface area (Å²) in [7, 11) is 4.42. The highest BCUT2D eigenvalue weighted by Crippen LogP contribution is 2.44. The molecule has 2 heterocycles. The number of rotatable bonds is 4. The van der Waals surface area contributed by atoms with Crippen molar-refractivity contribution in [1.82, 2.24) is 9.97 Å². The van der Waals surface area contributed by atoms with Gasteiger partial charge in [-0.2, -0.15) is 0 Å². The molecule has 4 rings (SSSR count). The van der Waals surface area contributed by atoms with Crippen LogP contribution >= 0.6 is 31.4 Å². The van der Waals surface area contributed by atoms with Crippen LogP contribution < -0.4 is 0 Å². The van der Waals surface area contributed by atoms with Crippen molar-refractivity contribution in [3.05, 3.63) is 48.5 Å². The lowest BCUT2D eigenvalue weighted by molar-refractivity contribution is 0.491. The number of para-hydroxylation sites is 4. The van der Waals surface area contributed by atoms with E-state index in [1.165, 1.54) is 31.4 Å². The lowest BCUT2D eigenvalue weighted by Gasteiger charge is -1.91. The molecule has 2 aromatic carbocycles. The third-order valence-electron chi connectivity index (χ3n) is 2.76. The van der Waals surface area contributed by atoms with Crippen molar-refractivity contribution in [2.75, 3.05) is 0 Å². The molecule has 2 aromatic heterocycles. The van der Waals surface area contributed by atoms with E-state index in [0.717, 1.165) is 22.2 Å². The minimum Gasteiger partial charge on any atom is -0.431 e. The third kappa shape index (κ3) is 2.76. The molecule has 0 fully saturated rings. The van der Waals surface area contributed by atoms with E-state index in [0.29, 0.717) is 10.4 Å². The Bertz CT molecular complexity index is 763. The zero-order valence-corrected chi connectivity index (χ0v) is 13.0. The number of fused-ring (bicyclic) bond motifs is 2. The van der Waals surface area contributed by atoms with Crippen molar-refractivity contribution in [3.8, 4) is 0 Å². The summed E-state index contributed by atoms with van der Waals surface area (Å²) in [5.41, 5.74) is 3.33. The van der Waals surface area contributed by atoms with E-state index < -0.39 is 0 Å². The van der Waals surface area contributed by atoms with E-state index in [2.05, 4.69) is 9.97 Å². The molecule has 0 N–H and O–H groups in total. The zero-order chi connectivity index (χ0) is 14.1. The van der Waals surface area contributed by atoms with Crippen molar-refractivity contribution in [2.45, 2.75) is 10.4 Å². The molecule has 0 saturated carbocycles. The quantitative estimate of drug-likeness (QED) is 0.463. The summed E-state index contributed by atoms with van der Waals surface area (Å²) in [5.74, 6) is 0. The van der Waals surface area contributed by atoms with Crippen molar-refractivity contribution < 1.29 is 8.83 Å². The Morgan fingerprint density at radius 3 is 1.62 bits per heavy atom. The van der Waals surface area contributed by atoms with E-state index in [1.54, 1.807) is 0 Å². The molecule has 0 aliphatic heterocycles. The van der Waals surface area contributed by atoms with Crippen LogP contribution in [0.1, 0.15) is 0 Å². The molecule has 0 amide bonds. The van der Waals surface area contributed by atoms with Crippen LogP contribution in [0.5, 0.6) is 0 Å². The van der Waals surface area contributed by atoms with Gasteiger partial charge < -0.3 is 8.83 Å². The predicted octanol–water partition coefficient (Wildman–Crippen LogP) is 5.42. The average Bonchev–Trinajstić information content (AvgIpc) is 3.09. The third-order valence-corrected chi connectivity index (χ3v) is 6.02. The molecule has 104 valence electrons. The first-order chi connectivity index (χ1) is 10.4. The number of hydrogen-bond acceptors (Lipinski definition) is 7. The molecule has 4 aromatic rings. The summed E-state index contributed by atoms with van der Waals surface area (Å²) in [4.78, 5) is 8.80. The SMILES string of the molecule is c1ccc2oc(SSSc3nc4ccccc4o3)nc2c1. The van der Waals surface area contributed by atoms with E-state index in [1.807, 2.05) is 48.5 Å². The van der Waals surface area contributed by atoms with Crippen molar-refractivity contribution in [1.29, 1.82) is 0 Å². The second-order valence-corrected chi connectivity index (χ2v) is 7.93. The molecular weight excluding hydrogens is 324 g/mol. The molecule has 0 aliphatic carbocycles. The second-order valence-electron chi connectivity index (χ2n) is 4.13. The fourth-order valence-corrected chi connectivity index (χ4v) is 4.75. The van der Waals surface area contributed by atoms with Gasteiger partial charge in [-0.3, -0.25) is 0 Å². The molecule has 0 aliphatic rings. The fourth-order valence-electron chi connectivity index (χ4n) is 1.85. The summed E-state index contributed by atoms with van der Waals surface area (Å²) in [6, 6.07) is 15.4. The largest absolute Gasteiger partial charge is 0.431 e. The second kappa shape index (κ2) is 5.67. The van der Waals surface area contributed by atoms with Crippen LogP contribution in [0.25, 0.3) is 22.2 Å². The van der Waals surface area contributed by atoms with Gasteiger partial charge in [-0.25, -0.2) is 9.97 Å². The van der Waals surface area contributed by atoms with Gasteiger partial charge in [0.25, 0.3) is 10.4 Å². The molecule has 0 unspecified atom stereocenters. The van der Waals surface area contributed by atoms with Crippen LogP contribution in [-0.2, 0) is 0 Å². The monoisotopic (exact) mass is 332 g/mol. The first-order valence-electron chi connectivity index (χ1n) is 6.11. The van der Waals surface area contributed by atoms with Crippen molar-refractivity contribution in [2.24, 2.45) is 0 Å². The summed E-state index contributed by atoms with van der Waals surface area (Å²) in [6.45, 7) is 0. The Labute approximate surface area is 131 Å². The van der Waals surface area contributed by atoms with Gasteiger partial charge in [0.2, 0.25) is 0 Å². The fraction of sp³-hybridized carbons (Fsp3) is 0. The Hall–Kier alpha value is -1.57. The standard InChI is InChI=1S/C14H8N2O2S3/c1-3-7-11-9(5-1)15-13(17-11)19-21-20-14-16-10-6-2-4-8-12(10)18-14/h1-8H. The molecule has 0 spiro atoms. The van der Waals surface area contributed by atoms with Crippen LogP contribution in [0.4, 0.5) is 0 Å². The maximum Gasteiger partial charge on any atom is 0.268 e. The number of nitrogens with zero attached hydrogens (tertiary/aromatic N) is 2. The molecule has 0 saturated heterocycles. The normalized spacial score (nSPS) is 11.4. The van der Waals surface area contributed by atoms with Crippen LogP contribution in [0.2, 0.25) is 0 Å². The van der Waals surface area contributed by atoms with Gasteiger partial charge in [-0.1, -0.05) is 24.3 Å². The van der Waals surface area contributed by atoms with Gasteiger partial charge in [0.05, 0.1) is 0 Å². The lowest BCUT2D eigenvalue weighted by atomic mass is 10.3. The van der Waals surface area contributed by atoms with Gasteiger partial charge >= 0.3 is 0 Å². The minimum atomic E-state index is 0.629. The molecule has 4 nitrogen and oxygen atoms in total. The Balaban J connectivity index is 1.44. The van der Waals surface area contributed by atoms with E-state index in [-0.39, 0.29) is 0 Å². The molecule has 21 heavy (non-hydrogen) atoms. The first-order valence-corrected chi connectivity index (χ1v) is 9.59. The highest BCUT2D eigenvalue weighted by molar-refractivity contribution is 9.09. The van der Waals surface area contributed by atoms with E-state index in [4.69, 9.17) is 8.83 Å². The minimum absolute atomic E-state index is 0.629. The Morgan fingerprint density at radius 1 is 0.667 bits per heavy atom. The summed E-state index contributed by atoms with van der Waals surface area (Å²) < 4.78 is 11.3. The molecule has 0 bridgehead atoms. The van der Waals surface area contributed by atoms with Crippen molar-refractivity contribution in [3.63, 3.8) is 0 Å². The smallest absolute Gasteiger partial charge is 0.268 e. The molecule has 7 heteroatoms.